The van der Waals surface area contributed by atoms with Crippen molar-refractivity contribution in [3.63, 3.8) is 0 Å². The van der Waals surface area contributed by atoms with Gasteiger partial charge in [0.25, 0.3) is 0 Å². The van der Waals surface area contributed by atoms with Gasteiger partial charge in [-0.25, -0.2) is 19.4 Å². The van der Waals surface area contributed by atoms with Crippen molar-refractivity contribution in [2.45, 2.75) is 19.3 Å². The van der Waals surface area contributed by atoms with Gasteiger partial charge in [0.1, 0.15) is 22.0 Å². The number of nitrogens with zero attached hydrogens (tertiary/aromatic N) is 2. The standard InChI is InChI=1S/C40H32N2O8S/c1-4-35(43)48-24-46-32-18-13-28(14-19-32)26(3)7-6-8-29-17-22-34(37-38(29)51-39(42-37)30-11-9-27(23-41)10-12-30)50-40(45)31-15-20-33(21-16-31)47-25-49-36(44)5-2/h4-5,9-22H,1-3,6-8,24-25H2. The Morgan fingerprint density at radius 3 is 1.94 bits per heavy atom. The van der Waals surface area contributed by atoms with Crippen LogP contribution in [0, 0.1) is 11.3 Å². The Balaban J connectivity index is 1.29. The van der Waals surface area contributed by atoms with Gasteiger partial charge in [0, 0.05) is 17.7 Å². The summed E-state index contributed by atoms with van der Waals surface area (Å²) < 4.78 is 27.2. The molecule has 11 heteroatoms. The number of nitriles is 1. The van der Waals surface area contributed by atoms with Crippen LogP contribution < -0.4 is 14.2 Å². The molecule has 0 spiro atoms. The predicted octanol–water partition coefficient (Wildman–Crippen LogP) is 8.22. The largest absolute Gasteiger partial charge is 0.457 e. The van der Waals surface area contributed by atoms with Crippen molar-refractivity contribution >= 4 is 45.0 Å². The molecule has 5 aromatic rings. The molecule has 10 nitrogen and oxygen atoms in total. The lowest BCUT2D eigenvalue weighted by atomic mass is 9.99. The first-order valence-electron chi connectivity index (χ1n) is 15.7. The third-order valence-electron chi connectivity index (χ3n) is 7.52. The lowest BCUT2D eigenvalue weighted by Crippen LogP contribution is -2.10. The number of hydrogen-bond acceptors (Lipinski definition) is 11. The van der Waals surface area contributed by atoms with Crippen LogP contribution in [0.4, 0.5) is 0 Å². The van der Waals surface area contributed by atoms with E-state index in [0.717, 1.165) is 63.4 Å². The lowest BCUT2D eigenvalue weighted by Gasteiger charge is -2.10. The molecule has 4 aromatic carbocycles. The molecule has 0 saturated heterocycles. The Morgan fingerprint density at radius 2 is 1.37 bits per heavy atom. The summed E-state index contributed by atoms with van der Waals surface area (Å²) in [7, 11) is 0. The molecule has 0 atom stereocenters. The van der Waals surface area contributed by atoms with Crippen molar-refractivity contribution in [1.82, 2.24) is 4.98 Å². The summed E-state index contributed by atoms with van der Waals surface area (Å²) in [5.74, 6) is -0.463. The molecule has 0 aliphatic rings. The van der Waals surface area contributed by atoms with Gasteiger partial charge in [0.05, 0.1) is 21.9 Å². The molecule has 0 amide bonds. The van der Waals surface area contributed by atoms with Crippen molar-refractivity contribution in [1.29, 1.82) is 5.26 Å². The van der Waals surface area contributed by atoms with E-state index in [1.165, 1.54) is 11.3 Å². The van der Waals surface area contributed by atoms with Crippen molar-refractivity contribution in [2.75, 3.05) is 13.6 Å². The van der Waals surface area contributed by atoms with Crippen molar-refractivity contribution < 1.29 is 38.1 Å². The minimum absolute atomic E-state index is 0.206. The molecule has 0 aliphatic heterocycles. The molecule has 51 heavy (non-hydrogen) atoms. The average molecular weight is 701 g/mol. The number of benzene rings is 4. The molecule has 0 radical (unpaired) electrons. The molecular weight excluding hydrogens is 669 g/mol. The number of carbonyl (C=O) groups is 3. The van der Waals surface area contributed by atoms with Crippen LogP contribution in [0.25, 0.3) is 26.4 Å². The maximum Gasteiger partial charge on any atom is 0.343 e. The maximum absolute atomic E-state index is 13.2. The van der Waals surface area contributed by atoms with Crippen LogP contribution in [0.2, 0.25) is 0 Å². The van der Waals surface area contributed by atoms with Gasteiger partial charge in [-0.15, -0.1) is 11.3 Å². The van der Waals surface area contributed by atoms with Crippen molar-refractivity contribution in [2.24, 2.45) is 0 Å². The molecular formula is C40H32N2O8S. The number of carbonyl (C=O) groups excluding carboxylic acids is 3. The summed E-state index contributed by atoms with van der Waals surface area (Å²) in [5, 5.41) is 9.97. The second-order valence-corrected chi connectivity index (χ2v) is 11.9. The van der Waals surface area contributed by atoms with E-state index < -0.39 is 17.9 Å². The fraction of sp³-hybridized carbons (Fsp3) is 0.125. The van der Waals surface area contributed by atoms with E-state index >= 15 is 0 Å². The summed E-state index contributed by atoms with van der Waals surface area (Å²) in [6, 6.07) is 26.6. The number of esters is 3. The molecule has 1 aromatic heterocycles. The molecule has 0 saturated carbocycles. The van der Waals surface area contributed by atoms with E-state index in [4.69, 9.17) is 28.7 Å². The van der Waals surface area contributed by atoms with Gasteiger partial charge in [-0.1, -0.05) is 50.1 Å². The molecule has 0 unspecified atom stereocenters. The average Bonchev–Trinajstić information content (AvgIpc) is 3.62. The number of aryl methyl sites for hydroxylation is 1. The third kappa shape index (κ3) is 9.56. The zero-order valence-electron chi connectivity index (χ0n) is 27.5. The highest BCUT2D eigenvalue weighted by Crippen LogP contribution is 2.38. The minimum atomic E-state index is -0.608. The highest BCUT2D eigenvalue weighted by Gasteiger charge is 2.18. The van der Waals surface area contributed by atoms with E-state index in [0.29, 0.717) is 33.9 Å². The van der Waals surface area contributed by atoms with E-state index in [1.54, 1.807) is 54.6 Å². The molecule has 0 aliphatic carbocycles. The monoisotopic (exact) mass is 700 g/mol. The van der Waals surface area contributed by atoms with E-state index in [2.05, 4.69) is 25.8 Å². The van der Waals surface area contributed by atoms with Crippen LogP contribution >= 0.6 is 11.3 Å². The summed E-state index contributed by atoms with van der Waals surface area (Å²) in [4.78, 5) is 40.5. The summed E-state index contributed by atoms with van der Waals surface area (Å²) in [5.41, 5.74) is 5.20. The molecule has 5 rings (SSSR count). The van der Waals surface area contributed by atoms with Crippen LogP contribution in [-0.2, 0) is 25.5 Å². The van der Waals surface area contributed by atoms with E-state index in [9.17, 15) is 19.6 Å². The first-order chi connectivity index (χ1) is 24.8. The third-order valence-corrected chi connectivity index (χ3v) is 8.70. The van der Waals surface area contributed by atoms with Gasteiger partial charge in [0.15, 0.2) is 5.75 Å². The number of allylic oxidation sites excluding steroid dienone is 1. The topological polar surface area (TPSA) is 134 Å². The van der Waals surface area contributed by atoms with Crippen LogP contribution in [0.1, 0.15) is 39.9 Å². The Labute approximate surface area is 298 Å². The van der Waals surface area contributed by atoms with E-state index in [1.807, 2.05) is 30.3 Å². The molecule has 256 valence electrons. The number of rotatable bonds is 16. The van der Waals surface area contributed by atoms with Gasteiger partial charge in [0.2, 0.25) is 13.6 Å². The molecule has 0 bridgehead atoms. The smallest absolute Gasteiger partial charge is 0.343 e. The first kappa shape index (κ1) is 35.8. The number of fused-ring (bicyclic) bond motifs is 1. The highest BCUT2D eigenvalue weighted by molar-refractivity contribution is 7.21. The fourth-order valence-electron chi connectivity index (χ4n) is 4.82. The lowest BCUT2D eigenvalue weighted by molar-refractivity contribution is -0.145. The summed E-state index contributed by atoms with van der Waals surface area (Å²) >= 11 is 1.49. The molecule has 0 fully saturated rings. The number of aromatic nitrogens is 1. The number of hydrogen-bond donors (Lipinski definition) is 0. The number of thiazole rings is 1. The summed E-state index contributed by atoms with van der Waals surface area (Å²) in [6.45, 7) is 10.4. The Hall–Kier alpha value is -6.51. The van der Waals surface area contributed by atoms with Crippen LogP contribution in [0.3, 0.4) is 0 Å². The fourth-order valence-corrected chi connectivity index (χ4v) is 5.95. The van der Waals surface area contributed by atoms with Gasteiger partial charge in [-0.2, -0.15) is 5.26 Å². The Bertz CT molecular complexity index is 2110. The molecule has 1 heterocycles. The van der Waals surface area contributed by atoms with Crippen molar-refractivity contribution in [3.8, 4) is 33.9 Å². The van der Waals surface area contributed by atoms with E-state index in [-0.39, 0.29) is 13.6 Å². The zero-order chi connectivity index (χ0) is 36.2. The second kappa shape index (κ2) is 17.2. The molecule has 0 N–H and O–H groups in total. The Morgan fingerprint density at radius 1 is 0.784 bits per heavy atom. The Kier molecular flexibility index (Phi) is 12.1. The van der Waals surface area contributed by atoms with Crippen LogP contribution in [-0.4, -0.2) is 36.5 Å². The van der Waals surface area contributed by atoms with Crippen LogP contribution in [0.15, 0.2) is 117 Å². The maximum atomic E-state index is 13.2. The van der Waals surface area contributed by atoms with Gasteiger partial charge in [-0.3, -0.25) is 0 Å². The normalized spacial score (nSPS) is 10.4. The predicted molar refractivity (Wildman–Crippen MR) is 193 cm³/mol. The SMILES string of the molecule is C=CC(=O)OCOc1ccc(C(=C)CCCc2ccc(OC(=O)c3ccc(OCOC(=O)C=C)cc3)c3nc(-c4ccc(C#N)cc4)sc23)cc1. The van der Waals surface area contributed by atoms with Crippen molar-refractivity contribution in [3.05, 3.63) is 139 Å². The zero-order valence-corrected chi connectivity index (χ0v) is 28.3. The highest BCUT2D eigenvalue weighted by atomic mass is 32.1. The quantitative estimate of drug-likeness (QED) is 0.0429. The van der Waals surface area contributed by atoms with Gasteiger partial charge < -0.3 is 23.7 Å². The van der Waals surface area contributed by atoms with Gasteiger partial charge in [-0.05, 0) is 90.6 Å². The number of ether oxygens (including phenoxy) is 5. The summed E-state index contributed by atoms with van der Waals surface area (Å²) in [6.07, 6.45) is 4.36. The first-order valence-corrected chi connectivity index (χ1v) is 16.5. The second-order valence-electron chi connectivity index (χ2n) is 10.9. The van der Waals surface area contributed by atoms with Gasteiger partial charge >= 0.3 is 17.9 Å². The minimum Gasteiger partial charge on any atom is -0.457 e. The van der Waals surface area contributed by atoms with Crippen LogP contribution in [0.5, 0.6) is 17.2 Å².